The van der Waals surface area contributed by atoms with Crippen LogP contribution in [0.2, 0.25) is 5.02 Å². The molecule has 116 valence electrons. The Labute approximate surface area is 144 Å². The van der Waals surface area contributed by atoms with Gasteiger partial charge in [-0.05, 0) is 41.9 Å². The maximum atomic E-state index is 5.98. The topological polar surface area (TPSA) is 46.0 Å². The minimum absolute atomic E-state index is 0.478. The van der Waals surface area contributed by atoms with Gasteiger partial charge in [0.15, 0.2) is 5.82 Å². The van der Waals surface area contributed by atoms with Gasteiger partial charge in [-0.3, -0.25) is 5.10 Å². The van der Waals surface area contributed by atoms with Crippen LogP contribution in [0.25, 0.3) is 0 Å². The normalized spacial score (nSPS) is 11.2. The van der Waals surface area contributed by atoms with E-state index < -0.39 is 0 Å². The molecule has 1 heterocycles. The fraction of sp³-hybridized carbons (Fsp3) is 0.118. The van der Waals surface area contributed by atoms with E-state index in [1.54, 1.807) is 10.9 Å². The van der Waals surface area contributed by atoms with Gasteiger partial charge in [0.05, 0.1) is 6.21 Å². The second-order valence-electron chi connectivity index (χ2n) is 5.04. The van der Waals surface area contributed by atoms with Crippen molar-refractivity contribution < 1.29 is 0 Å². The molecule has 0 amide bonds. The van der Waals surface area contributed by atoms with Crippen LogP contribution in [0.4, 0.5) is 0 Å². The monoisotopic (exact) mass is 342 g/mol. The summed E-state index contributed by atoms with van der Waals surface area (Å²) in [6.07, 6.45) is 3.36. The van der Waals surface area contributed by atoms with Crippen molar-refractivity contribution in [1.29, 1.82) is 0 Å². The molecule has 1 N–H and O–H groups in total. The molecule has 0 aliphatic carbocycles. The summed E-state index contributed by atoms with van der Waals surface area (Å²) in [5.74, 6) is 0.803. The summed E-state index contributed by atoms with van der Waals surface area (Å²) in [7, 11) is 0. The van der Waals surface area contributed by atoms with Gasteiger partial charge in [-0.15, -0.1) is 0 Å². The minimum atomic E-state index is 0.478. The molecule has 4 nitrogen and oxygen atoms in total. The molecule has 23 heavy (non-hydrogen) atoms. The molecule has 6 heteroatoms. The van der Waals surface area contributed by atoms with Crippen molar-refractivity contribution >= 4 is 30.0 Å². The molecular weight excluding hydrogens is 328 g/mol. The molecular formula is C17H15ClN4S. The van der Waals surface area contributed by atoms with E-state index in [0.29, 0.717) is 9.79 Å². The van der Waals surface area contributed by atoms with E-state index in [0.717, 1.165) is 24.2 Å². The van der Waals surface area contributed by atoms with Gasteiger partial charge in [-0.1, -0.05) is 54.1 Å². The molecule has 0 saturated carbocycles. The lowest BCUT2D eigenvalue weighted by Crippen LogP contribution is -2.01. The summed E-state index contributed by atoms with van der Waals surface area (Å²) < 4.78 is 2.13. The number of aromatic amines is 1. The highest BCUT2D eigenvalue weighted by Gasteiger charge is 2.05. The first-order chi connectivity index (χ1) is 11.2. The van der Waals surface area contributed by atoms with Gasteiger partial charge in [-0.2, -0.15) is 14.9 Å². The third-order valence-electron chi connectivity index (χ3n) is 3.37. The van der Waals surface area contributed by atoms with Crippen LogP contribution in [0, 0.1) is 4.77 Å². The van der Waals surface area contributed by atoms with Gasteiger partial charge in [0.25, 0.3) is 0 Å². The number of rotatable bonds is 5. The van der Waals surface area contributed by atoms with Crippen molar-refractivity contribution in [3.63, 3.8) is 0 Å². The largest absolute Gasteiger partial charge is 0.250 e. The third-order valence-corrected chi connectivity index (χ3v) is 3.87. The minimum Gasteiger partial charge on any atom is -0.250 e. The second-order valence-corrected chi connectivity index (χ2v) is 5.87. The Morgan fingerprint density at radius 3 is 2.74 bits per heavy atom. The first-order valence-electron chi connectivity index (χ1n) is 7.22. The highest BCUT2D eigenvalue weighted by atomic mass is 35.5. The maximum Gasteiger partial charge on any atom is 0.216 e. The second kappa shape index (κ2) is 7.35. The van der Waals surface area contributed by atoms with Crippen LogP contribution in [-0.2, 0) is 12.8 Å². The molecule has 0 aliphatic rings. The lowest BCUT2D eigenvalue weighted by atomic mass is 10.1. The summed E-state index contributed by atoms with van der Waals surface area (Å²) in [6, 6.07) is 17.8. The smallest absolute Gasteiger partial charge is 0.216 e. The molecule has 3 aromatic rings. The number of halogens is 1. The number of nitrogens with zero attached hydrogens (tertiary/aromatic N) is 3. The van der Waals surface area contributed by atoms with Crippen molar-refractivity contribution in [3.05, 3.63) is 81.3 Å². The molecule has 0 aliphatic heterocycles. The third kappa shape index (κ3) is 4.15. The van der Waals surface area contributed by atoms with Gasteiger partial charge >= 0.3 is 0 Å². The fourth-order valence-corrected chi connectivity index (χ4v) is 2.61. The Morgan fingerprint density at radius 2 is 1.96 bits per heavy atom. The van der Waals surface area contributed by atoms with Crippen LogP contribution in [0.1, 0.15) is 17.0 Å². The molecule has 0 radical (unpaired) electrons. The number of aryl methyl sites for hydroxylation is 2. The molecule has 0 saturated heterocycles. The Kier molecular flexibility index (Phi) is 5.00. The van der Waals surface area contributed by atoms with E-state index in [9.17, 15) is 0 Å². The molecule has 0 fully saturated rings. The fourth-order valence-electron chi connectivity index (χ4n) is 2.22. The Bertz CT molecular complexity index is 868. The number of aromatic nitrogens is 3. The Hall–Kier alpha value is -2.24. The van der Waals surface area contributed by atoms with Gasteiger partial charge in [0, 0.05) is 11.4 Å². The van der Waals surface area contributed by atoms with Crippen LogP contribution in [0.5, 0.6) is 0 Å². The number of nitrogens with one attached hydrogen (secondary N) is 1. The van der Waals surface area contributed by atoms with Gasteiger partial charge in [0.1, 0.15) is 0 Å². The Balaban J connectivity index is 1.77. The van der Waals surface area contributed by atoms with Gasteiger partial charge < -0.3 is 0 Å². The molecule has 0 spiro atoms. The highest BCUT2D eigenvalue weighted by molar-refractivity contribution is 7.71. The van der Waals surface area contributed by atoms with Crippen molar-refractivity contribution in [1.82, 2.24) is 14.9 Å². The summed E-state index contributed by atoms with van der Waals surface area (Å²) in [6.45, 7) is 0. The first-order valence-corrected chi connectivity index (χ1v) is 8.01. The quantitative estimate of drug-likeness (QED) is 0.556. The van der Waals surface area contributed by atoms with E-state index in [1.165, 1.54) is 5.56 Å². The molecule has 3 rings (SSSR count). The van der Waals surface area contributed by atoms with Crippen molar-refractivity contribution in [2.45, 2.75) is 12.8 Å². The van der Waals surface area contributed by atoms with Crippen molar-refractivity contribution in [3.8, 4) is 0 Å². The van der Waals surface area contributed by atoms with Crippen LogP contribution in [0.3, 0.4) is 0 Å². The van der Waals surface area contributed by atoms with Gasteiger partial charge in [-0.25, -0.2) is 0 Å². The summed E-state index contributed by atoms with van der Waals surface area (Å²) in [5, 5.41) is 12.2. The van der Waals surface area contributed by atoms with Crippen molar-refractivity contribution in [2.24, 2.45) is 5.10 Å². The number of hydrogen-bond acceptors (Lipinski definition) is 3. The lowest BCUT2D eigenvalue weighted by Gasteiger charge is -2.02. The molecule has 0 atom stereocenters. The summed E-state index contributed by atoms with van der Waals surface area (Å²) in [4.78, 5) is 0. The molecule has 1 aromatic heterocycles. The predicted molar refractivity (Wildman–Crippen MR) is 95.7 cm³/mol. The molecule has 0 unspecified atom stereocenters. The zero-order valence-electron chi connectivity index (χ0n) is 12.3. The van der Waals surface area contributed by atoms with Crippen molar-refractivity contribution in [2.75, 3.05) is 0 Å². The highest BCUT2D eigenvalue weighted by Crippen LogP contribution is 2.10. The van der Waals surface area contributed by atoms with E-state index in [1.807, 2.05) is 42.5 Å². The van der Waals surface area contributed by atoms with Crippen LogP contribution in [0.15, 0.2) is 59.7 Å². The number of H-pyrrole nitrogens is 1. The van der Waals surface area contributed by atoms with Crippen LogP contribution in [-0.4, -0.2) is 21.1 Å². The Morgan fingerprint density at radius 1 is 1.13 bits per heavy atom. The van der Waals surface area contributed by atoms with Crippen LogP contribution < -0.4 is 0 Å². The predicted octanol–water partition coefficient (Wildman–Crippen LogP) is 4.26. The molecule has 0 bridgehead atoms. The average molecular weight is 343 g/mol. The van der Waals surface area contributed by atoms with E-state index in [4.69, 9.17) is 23.8 Å². The first kappa shape index (κ1) is 15.6. The van der Waals surface area contributed by atoms with Gasteiger partial charge in [0.2, 0.25) is 4.77 Å². The summed E-state index contributed by atoms with van der Waals surface area (Å²) >= 11 is 11.2. The number of benzene rings is 2. The zero-order chi connectivity index (χ0) is 16.1. The average Bonchev–Trinajstić information content (AvgIpc) is 2.92. The van der Waals surface area contributed by atoms with E-state index in [-0.39, 0.29) is 0 Å². The maximum absolute atomic E-state index is 5.98. The number of hydrogen-bond donors (Lipinski definition) is 1. The van der Waals surface area contributed by atoms with E-state index in [2.05, 4.69) is 27.4 Å². The lowest BCUT2D eigenvalue weighted by molar-refractivity contribution is 0.750. The van der Waals surface area contributed by atoms with Crippen LogP contribution >= 0.6 is 23.8 Å². The SMILES string of the molecule is S=c1[nH]nc(CCc2ccccc2)n1/N=C\c1cccc(Cl)c1. The summed E-state index contributed by atoms with van der Waals surface area (Å²) in [5.41, 5.74) is 2.17. The standard InChI is InChI=1S/C17H15ClN4S/c18-15-8-4-7-14(11-15)12-19-22-16(20-21-17(22)23)10-9-13-5-2-1-3-6-13/h1-8,11-12H,9-10H2,(H,21,23)/b19-12-. The zero-order valence-corrected chi connectivity index (χ0v) is 13.9. The molecule has 2 aromatic carbocycles. The van der Waals surface area contributed by atoms with E-state index >= 15 is 0 Å².